The topological polar surface area (TPSA) is 72.7 Å². The molecule has 0 N–H and O–H groups in total. The van der Waals surface area contributed by atoms with Gasteiger partial charge in [-0.25, -0.2) is 18.5 Å². The van der Waals surface area contributed by atoms with Gasteiger partial charge in [0, 0.05) is 35.9 Å². The molecule has 0 saturated heterocycles. The lowest BCUT2D eigenvalue weighted by atomic mass is 9.52. The van der Waals surface area contributed by atoms with Crippen LogP contribution in [0.5, 0.6) is 11.6 Å². The van der Waals surface area contributed by atoms with Gasteiger partial charge in [-0.1, -0.05) is 0 Å². The van der Waals surface area contributed by atoms with Crippen molar-refractivity contribution in [1.29, 1.82) is 0 Å². The van der Waals surface area contributed by atoms with Crippen molar-refractivity contribution in [3.05, 3.63) is 66.4 Å². The Morgan fingerprint density at radius 3 is 2.42 bits per heavy atom. The van der Waals surface area contributed by atoms with Gasteiger partial charge in [0.05, 0.1) is 17.7 Å². The number of carbonyl (C=O) groups is 1. The lowest BCUT2D eigenvalue weighted by Gasteiger charge is -2.36. The van der Waals surface area contributed by atoms with Crippen LogP contribution in [0.4, 0.5) is 30.8 Å². The molecule has 1 atom stereocenters. The Kier molecular flexibility index (Phi) is 6.54. The zero-order chi connectivity index (χ0) is 27.2. The van der Waals surface area contributed by atoms with Gasteiger partial charge in [0.25, 0.3) is 6.43 Å². The number of carbonyl (C=O) groups excluding carboxylic acids is 1. The highest BCUT2D eigenvalue weighted by Gasteiger charge is 2.34. The maximum Gasteiger partial charge on any atom is 0.335 e. The Morgan fingerprint density at radius 2 is 1.74 bits per heavy atom. The van der Waals surface area contributed by atoms with E-state index in [9.17, 15) is 13.6 Å². The summed E-state index contributed by atoms with van der Waals surface area (Å²) in [6.45, 7) is 1.45. The van der Waals surface area contributed by atoms with E-state index < -0.39 is 23.9 Å². The summed E-state index contributed by atoms with van der Waals surface area (Å²) >= 11 is 0. The molecule has 6 radical (unpaired) electrons. The lowest BCUT2D eigenvalue weighted by molar-refractivity contribution is 0.0202. The average Bonchev–Trinajstić information content (AvgIpc) is 3.22. The number of pyridine rings is 1. The Labute approximate surface area is 221 Å². The van der Waals surface area contributed by atoms with Crippen molar-refractivity contribution in [3.63, 3.8) is 0 Å². The molecular formula is C25H20B3F2N5O3. The van der Waals surface area contributed by atoms with Crippen molar-refractivity contribution < 1.29 is 23.0 Å². The zero-order valence-corrected chi connectivity index (χ0v) is 20.6. The van der Waals surface area contributed by atoms with Crippen molar-refractivity contribution in [1.82, 2.24) is 14.8 Å². The van der Waals surface area contributed by atoms with E-state index in [1.807, 2.05) is 31.4 Å². The minimum atomic E-state index is -2.70. The molecule has 0 fully saturated rings. The summed E-state index contributed by atoms with van der Waals surface area (Å²) in [5.41, 5.74) is 2.55. The summed E-state index contributed by atoms with van der Waals surface area (Å²) in [5.74, 6) is 0.506. The second kappa shape index (κ2) is 9.70. The van der Waals surface area contributed by atoms with E-state index >= 15 is 0 Å². The largest absolute Gasteiger partial charge is 0.516 e. The fourth-order valence-electron chi connectivity index (χ4n) is 4.14. The van der Waals surface area contributed by atoms with E-state index in [1.54, 1.807) is 39.9 Å². The maximum absolute atomic E-state index is 13.9. The molecule has 2 aromatic heterocycles. The summed E-state index contributed by atoms with van der Waals surface area (Å²) in [7, 11) is 18.4. The number of nitrogens with zero attached hydrogens (tertiary/aromatic N) is 5. The molecule has 1 unspecified atom stereocenters. The molecule has 1 aliphatic heterocycles. The van der Waals surface area contributed by atoms with Gasteiger partial charge >= 0.3 is 6.03 Å². The first kappa shape index (κ1) is 25.6. The first-order valence-electron chi connectivity index (χ1n) is 11.6. The third-order valence-corrected chi connectivity index (χ3v) is 5.86. The minimum Gasteiger partial charge on any atom is -0.516 e. The summed E-state index contributed by atoms with van der Waals surface area (Å²) in [5, 5.41) is 3.37. The number of halogens is 2. The van der Waals surface area contributed by atoms with Crippen molar-refractivity contribution in [2.45, 2.75) is 31.3 Å². The molecule has 0 aliphatic carbocycles. The number of anilines is 3. The van der Waals surface area contributed by atoms with Gasteiger partial charge in [-0.2, -0.15) is 10.1 Å². The Bertz CT molecular complexity index is 1490. The number of amides is 2. The lowest BCUT2D eigenvalue weighted by Crippen LogP contribution is -2.45. The van der Waals surface area contributed by atoms with Crippen molar-refractivity contribution >= 4 is 57.7 Å². The highest BCUT2D eigenvalue weighted by molar-refractivity contribution is 6.58. The van der Waals surface area contributed by atoms with Crippen LogP contribution in [0.25, 0.3) is 10.9 Å². The molecule has 4 aromatic rings. The van der Waals surface area contributed by atoms with Gasteiger partial charge in [0.2, 0.25) is 5.88 Å². The molecule has 186 valence electrons. The standard InChI is InChI=1S/C25H20B3F2N5O3/c1-14(22(29)30)37-21-10-3-15-13-34(18-6-9-20-16(11-18)12-33(2)32-20)24(36)35(23(15)31-21)17-4-7-19(8-5-17)38-25(26,27)28/h3-12,14,22H,13H2,1-2H3. The SMILES string of the molecule is [B]C([B])([B])Oc1ccc(N2C(=O)N(c3ccc4nn(C)cc4c3)Cc3ccc(OC(C)C(F)F)nc32)cc1. The van der Waals surface area contributed by atoms with E-state index in [1.165, 1.54) is 17.9 Å². The van der Waals surface area contributed by atoms with Crippen LogP contribution in [0, 0.1) is 0 Å². The first-order chi connectivity index (χ1) is 18.0. The van der Waals surface area contributed by atoms with E-state index in [-0.39, 0.29) is 24.0 Å². The van der Waals surface area contributed by atoms with Crippen LogP contribution < -0.4 is 19.3 Å². The number of hydrogen-bond acceptors (Lipinski definition) is 5. The number of fused-ring (bicyclic) bond motifs is 2. The van der Waals surface area contributed by atoms with Gasteiger partial charge in [-0.05, 0) is 60.8 Å². The quantitative estimate of drug-likeness (QED) is 0.355. The van der Waals surface area contributed by atoms with E-state index in [2.05, 4.69) is 10.1 Å². The van der Waals surface area contributed by atoms with E-state index in [0.717, 1.165) is 10.9 Å². The fourth-order valence-corrected chi connectivity index (χ4v) is 4.14. The molecule has 0 saturated carbocycles. The van der Waals surface area contributed by atoms with Gasteiger partial charge in [-0.3, -0.25) is 9.58 Å². The van der Waals surface area contributed by atoms with Crippen molar-refractivity contribution in [3.8, 4) is 11.6 Å². The molecule has 13 heteroatoms. The number of urea groups is 1. The molecule has 0 spiro atoms. The van der Waals surface area contributed by atoms with Crippen LogP contribution in [0.15, 0.2) is 60.8 Å². The normalized spacial score (nSPS) is 14.6. The number of benzene rings is 2. The number of alkyl halides is 2. The Morgan fingerprint density at radius 1 is 1.03 bits per heavy atom. The van der Waals surface area contributed by atoms with Crippen LogP contribution in [0.3, 0.4) is 0 Å². The first-order valence-corrected chi connectivity index (χ1v) is 11.6. The Hall–Kier alpha value is -4.02. The van der Waals surface area contributed by atoms with E-state index in [0.29, 0.717) is 16.9 Å². The third-order valence-electron chi connectivity index (χ3n) is 5.86. The molecule has 3 heterocycles. The van der Waals surface area contributed by atoms with Crippen LogP contribution >= 0.6 is 0 Å². The second-order valence-electron chi connectivity index (χ2n) is 8.99. The molecule has 0 bridgehead atoms. The van der Waals surface area contributed by atoms with Gasteiger partial charge in [-0.15, -0.1) is 0 Å². The minimum absolute atomic E-state index is 0.0290. The number of ether oxygens (including phenoxy) is 2. The average molecular weight is 509 g/mol. The summed E-state index contributed by atoms with van der Waals surface area (Å²) in [4.78, 5) is 21.3. The van der Waals surface area contributed by atoms with Crippen molar-refractivity contribution in [2.75, 3.05) is 9.80 Å². The number of hydrogen-bond donors (Lipinski definition) is 0. The van der Waals surface area contributed by atoms with Gasteiger partial charge in [0.15, 0.2) is 6.10 Å². The summed E-state index contributed by atoms with van der Waals surface area (Å²) in [6.07, 6.45) is -2.22. The predicted octanol–water partition coefficient (Wildman–Crippen LogP) is 3.77. The fraction of sp³-hybridized carbons (Fsp3) is 0.240. The maximum atomic E-state index is 13.9. The van der Waals surface area contributed by atoms with Crippen molar-refractivity contribution in [2.24, 2.45) is 7.05 Å². The predicted molar refractivity (Wildman–Crippen MR) is 142 cm³/mol. The molecule has 8 nitrogen and oxygen atoms in total. The molecule has 5 rings (SSSR count). The van der Waals surface area contributed by atoms with E-state index in [4.69, 9.17) is 33.0 Å². The van der Waals surface area contributed by atoms with Crippen LogP contribution in [0.2, 0.25) is 0 Å². The monoisotopic (exact) mass is 509 g/mol. The molecular weight excluding hydrogens is 489 g/mol. The van der Waals surface area contributed by atoms with Crippen LogP contribution in [0.1, 0.15) is 12.5 Å². The molecule has 2 aromatic carbocycles. The summed E-state index contributed by atoms with van der Waals surface area (Å²) < 4.78 is 38.5. The number of aryl methyl sites for hydroxylation is 1. The van der Waals surface area contributed by atoms with Gasteiger partial charge in [0.1, 0.15) is 35.1 Å². The highest BCUT2D eigenvalue weighted by Crippen LogP contribution is 2.38. The Balaban J connectivity index is 1.56. The third kappa shape index (κ3) is 5.18. The molecule has 2 amide bonds. The zero-order valence-electron chi connectivity index (χ0n) is 20.6. The number of rotatable bonds is 7. The smallest absolute Gasteiger partial charge is 0.335 e. The van der Waals surface area contributed by atoms with Crippen LogP contribution in [-0.2, 0) is 13.6 Å². The molecule has 38 heavy (non-hydrogen) atoms. The summed E-state index contributed by atoms with van der Waals surface area (Å²) in [6, 6.07) is 14.6. The van der Waals surface area contributed by atoms with Gasteiger partial charge < -0.3 is 9.47 Å². The highest BCUT2D eigenvalue weighted by atomic mass is 19.3. The second-order valence-corrected chi connectivity index (χ2v) is 8.99. The number of aromatic nitrogens is 3. The molecule has 1 aliphatic rings. The van der Waals surface area contributed by atoms with Crippen LogP contribution in [-0.4, -0.2) is 62.2 Å².